The second-order valence-corrected chi connectivity index (χ2v) is 9.19. The van der Waals surface area contributed by atoms with Gasteiger partial charge in [-0.25, -0.2) is 0 Å². The van der Waals surface area contributed by atoms with Crippen LogP contribution in [-0.4, -0.2) is 31.1 Å². The summed E-state index contributed by atoms with van der Waals surface area (Å²) < 4.78 is 5.95. The average Bonchev–Trinajstić information content (AvgIpc) is 2.50. The molecule has 0 saturated heterocycles. The molecule has 1 aromatic carbocycles. The highest BCUT2D eigenvalue weighted by Crippen LogP contribution is 2.36. The van der Waals surface area contributed by atoms with Gasteiger partial charge in [-0.1, -0.05) is 60.6 Å². The fourth-order valence-corrected chi connectivity index (χ4v) is 3.88. The van der Waals surface area contributed by atoms with Crippen LogP contribution < -0.4 is 4.74 Å². The highest BCUT2D eigenvalue weighted by molar-refractivity contribution is 5.31. The molecular formula is C23H41NO. The van der Waals surface area contributed by atoms with E-state index in [1.54, 1.807) is 0 Å². The van der Waals surface area contributed by atoms with Gasteiger partial charge in [0, 0.05) is 6.54 Å². The Morgan fingerprint density at radius 1 is 0.840 bits per heavy atom. The lowest BCUT2D eigenvalue weighted by molar-refractivity contribution is 0.234. The number of hydrogen-bond donors (Lipinski definition) is 0. The van der Waals surface area contributed by atoms with Crippen LogP contribution in [0.3, 0.4) is 0 Å². The van der Waals surface area contributed by atoms with E-state index in [0.717, 1.165) is 25.3 Å². The molecule has 1 aromatic rings. The van der Waals surface area contributed by atoms with Crippen molar-refractivity contribution in [3.63, 3.8) is 0 Å². The minimum atomic E-state index is 0.192. The second kappa shape index (κ2) is 10.2. The average molecular weight is 348 g/mol. The molecule has 2 heteroatoms. The van der Waals surface area contributed by atoms with Crippen LogP contribution in [0.15, 0.2) is 24.3 Å². The van der Waals surface area contributed by atoms with Crippen LogP contribution in [0.2, 0.25) is 0 Å². The molecule has 0 aliphatic carbocycles. The highest BCUT2D eigenvalue weighted by Gasteiger charge is 2.27. The molecule has 0 aliphatic heterocycles. The molecule has 0 fully saturated rings. The van der Waals surface area contributed by atoms with Gasteiger partial charge < -0.3 is 9.64 Å². The lowest BCUT2D eigenvalue weighted by atomic mass is 9.72. The van der Waals surface area contributed by atoms with Crippen molar-refractivity contribution < 1.29 is 4.74 Å². The van der Waals surface area contributed by atoms with Crippen LogP contribution in [0.5, 0.6) is 5.75 Å². The van der Waals surface area contributed by atoms with Gasteiger partial charge in [0.15, 0.2) is 0 Å². The number of benzene rings is 1. The maximum Gasteiger partial charge on any atom is 0.119 e. The molecule has 0 saturated carbocycles. The van der Waals surface area contributed by atoms with Crippen molar-refractivity contribution >= 4 is 0 Å². The van der Waals surface area contributed by atoms with Crippen LogP contribution in [0.1, 0.15) is 79.7 Å². The first-order chi connectivity index (χ1) is 11.7. The van der Waals surface area contributed by atoms with Crippen molar-refractivity contribution in [1.82, 2.24) is 4.90 Å². The van der Waals surface area contributed by atoms with Crippen LogP contribution in [0.4, 0.5) is 0 Å². The van der Waals surface area contributed by atoms with E-state index < -0.39 is 0 Å². The van der Waals surface area contributed by atoms with Crippen LogP contribution in [0, 0.1) is 5.41 Å². The molecule has 0 heterocycles. The van der Waals surface area contributed by atoms with Crippen molar-refractivity contribution in [3.8, 4) is 5.75 Å². The first-order valence-electron chi connectivity index (χ1n) is 10.1. The summed E-state index contributed by atoms with van der Waals surface area (Å²) in [6.07, 6.45) is 4.72. The molecule has 0 spiro atoms. The fourth-order valence-electron chi connectivity index (χ4n) is 3.88. The monoisotopic (exact) mass is 347 g/mol. The van der Waals surface area contributed by atoms with Gasteiger partial charge in [-0.05, 0) is 67.3 Å². The van der Waals surface area contributed by atoms with E-state index in [9.17, 15) is 0 Å². The molecule has 1 rings (SSSR count). The zero-order valence-corrected chi connectivity index (χ0v) is 17.8. The van der Waals surface area contributed by atoms with E-state index in [2.05, 4.69) is 77.6 Å². The normalized spacial score (nSPS) is 12.6. The third-order valence-corrected chi connectivity index (χ3v) is 4.58. The van der Waals surface area contributed by atoms with Crippen molar-refractivity contribution in [1.29, 1.82) is 0 Å². The minimum absolute atomic E-state index is 0.192. The Hall–Kier alpha value is -1.02. The highest BCUT2D eigenvalue weighted by atomic mass is 16.5. The van der Waals surface area contributed by atoms with Gasteiger partial charge in [0.25, 0.3) is 0 Å². The van der Waals surface area contributed by atoms with Gasteiger partial charge in [-0.2, -0.15) is 0 Å². The molecule has 0 aliphatic rings. The van der Waals surface area contributed by atoms with Crippen molar-refractivity contribution in [3.05, 3.63) is 29.8 Å². The third-order valence-electron chi connectivity index (χ3n) is 4.58. The summed E-state index contributed by atoms with van der Waals surface area (Å²) in [7, 11) is 0. The first-order valence-corrected chi connectivity index (χ1v) is 10.1. The van der Waals surface area contributed by atoms with Crippen molar-refractivity contribution in [2.45, 2.75) is 79.6 Å². The summed E-state index contributed by atoms with van der Waals surface area (Å²) in [5.74, 6) is 0.993. The van der Waals surface area contributed by atoms with E-state index in [4.69, 9.17) is 4.74 Å². The van der Waals surface area contributed by atoms with E-state index >= 15 is 0 Å². The predicted molar refractivity (Wildman–Crippen MR) is 111 cm³/mol. The van der Waals surface area contributed by atoms with Crippen LogP contribution >= 0.6 is 0 Å². The summed E-state index contributed by atoms with van der Waals surface area (Å²) in [4.78, 5) is 2.54. The summed E-state index contributed by atoms with van der Waals surface area (Å²) in [6, 6.07) is 8.74. The Morgan fingerprint density at radius 3 is 1.88 bits per heavy atom. The second-order valence-electron chi connectivity index (χ2n) is 9.19. The molecule has 0 aromatic heterocycles. The van der Waals surface area contributed by atoms with E-state index in [1.165, 1.54) is 37.9 Å². The van der Waals surface area contributed by atoms with E-state index in [-0.39, 0.29) is 5.41 Å². The Morgan fingerprint density at radius 2 is 1.40 bits per heavy atom. The van der Waals surface area contributed by atoms with Crippen LogP contribution in [0.25, 0.3) is 0 Å². The van der Waals surface area contributed by atoms with Crippen molar-refractivity contribution in [2.75, 3.05) is 26.2 Å². The maximum atomic E-state index is 5.95. The molecule has 0 unspecified atom stereocenters. The van der Waals surface area contributed by atoms with Gasteiger partial charge in [0.1, 0.15) is 5.75 Å². The zero-order chi connectivity index (χ0) is 18.9. The quantitative estimate of drug-likeness (QED) is 0.436. The molecule has 0 radical (unpaired) electrons. The largest absolute Gasteiger partial charge is 0.494 e. The Balaban J connectivity index is 2.46. The summed E-state index contributed by atoms with van der Waals surface area (Å²) in [6.45, 7) is 20.5. The van der Waals surface area contributed by atoms with Gasteiger partial charge in [-0.3, -0.25) is 0 Å². The van der Waals surface area contributed by atoms with E-state index in [1.807, 2.05) is 0 Å². The molecule has 2 nitrogen and oxygen atoms in total. The Bertz CT molecular complexity index is 464. The molecule has 0 amide bonds. The Labute approximate surface area is 157 Å². The van der Waals surface area contributed by atoms with Gasteiger partial charge in [0.2, 0.25) is 0 Å². The van der Waals surface area contributed by atoms with Crippen molar-refractivity contribution in [2.24, 2.45) is 5.41 Å². The zero-order valence-electron chi connectivity index (χ0n) is 17.8. The minimum Gasteiger partial charge on any atom is -0.494 e. The van der Waals surface area contributed by atoms with E-state index in [0.29, 0.717) is 5.41 Å². The molecular weight excluding hydrogens is 306 g/mol. The van der Waals surface area contributed by atoms with Crippen LogP contribution in [-0.2, 0) is 5.41 Å². The maximum absolute atomic E-state index is 5.95. The lowest BCUT2D eigenvalue weighted by Gasteiger charge is -2.33. The Kier molecular flexibility index (Phi) is 8.99. The number of rotatable bonds is 11. The molecule has 144 valence electrons. The predicted octanol–water partition coefficient (Wildman–Crippen LogP) is 6.29. The molecule has 25 heavy (non-hydrogen) atoms. The topological polar surface area (TPSA) is 12.5 Å². The first kappa shape index (κ1) is 22.0. The fraction of sp³-hybridized carbons (Fsp3) is 0.739. The number of hydrogen-bond acceptors (Lipinski definition) is 2. The summed E-state index contributed by atoms with van der Waals surface area (Å²) in [5, 5.41) is 0. The summed E-state index contributed by atoms with van der Waals surface area (Å²) >= 11 is 0. The molecule has 0 atom stereocenters. The SMILES string of the molecule is CCCN(CCC)CCCOc1ccc(C(C)(C)CC(C)(C)C)cc1. The van der Waals surface area contributed by atoms with Gasteiger partial charge in [-0.15, -0.1) is 0 Å². The van der Waals surface area contributed by atoms with Gasteiger partial charge >= 0.3 is 0 Å². The molecule has 0 bridgehead atoms. The van der Waals surface area contributed by atoms with Gasteiger partial charge in [0.05, 0.1) is 6.61 Å². The lowest BCUT2D eigenvalue weighted by Crippen LogP contribution is -2.27. The number of ether oxygens (including phenoxy) is 1. The standard InChI is InChI=1S/C23H41NO/c1-8-15-24(16-9-2)17-10-18-25-21-13-11-20(12-14-21)23(6,7)19-22(3,4)5/h11-14H,8-10,15-19H2,1-7H3. The third kappa shape index (κ3) is 8.76. The summed E-state index contributed by atoms with van der Waals surface area (Å²) in [5.41, 5.74) is 1.92. The smallest absolute Gasteiger partial charge is 0.119 e. The molecule has 0 N–H and O–H groups in total. The number of nitrogens with zero attached hydrogens (tertiary/aromatic N) is 1.